The van der Waals surface area contributed by atoms with E-state index in [1.807, 2.05) is 4.90 Å². The van der Waals surface area contributed by atoms with Gasteiger partial charge in [-0.05, 0) is 44.1 Å². The summed E-state index contributed by atoms with van der Waals surface area (Å²) in [6.45, 7) is 6.55. The Morgan fingerprint density at radius 2 is 1.75 bits per heavy atom. The molecule has 5 nitrogen and oxygen atoms in total. The highest BCUT2D eigenvalue weighted by Crippen LogP contribution is 2.52. The molecule has 2 amide bonds. The number of likely N-dealkylation sites (tertiary alicyclic amines) is 2. The van der Waals surface area contributed by atoms with Gasteiger partial charge < -0.3 is 14.9 Å². The Morgan fingerprint density at radius 1 is 1.06 bits per heavy atom. The first kappa shape index (κ1) is 25.8. The summed E-state index contributed by atoms with van der Waals surface area (Å²) >= 11 is 0. The lowest BCUT2D eigenvalue weighted by Crippen LogP contribution is -2.64. The van der Waals surface area contributed by atoms with Gasteiger partial charge in [0.05, 0.1) is 12.1 Å². The maximum absolute atomic E-state index is 13.5. The fourth-order valence-electron chi connectivity index (χ4n) is 7.92. The Bertz CT molecular complexity index is 932. The second-order valence-corrected chi connectivity index (χ2v) is 12.8. The first-order valence-corrected chi connectivity index (χ1v) is 14.6. The number of rotatable bonds is 6. The Labute approximate surface area is 217 Å². The lowest BCUT2D eigenvalue weighted by molar-refractivity contribution is -0.167. The topological polar surface area (TPSA) is 60.9 Å². The number of aliphatic hydroxyl groups is 1. The molecule has 198 valence electrons. The number of amides is 2. The fraction of sp³-hybridized carbons (Fsp3) is 0.742. The summed E-state index contributed by atoms with van der Waals surface area (Å²) in [6, 6.07) is 8.52. The average Bonchev–Trinajstić information content (AvgIpc) is 3.49. The smallest absolute Gasteiger partial charge is 0.225 e. The van der Waals surface area contributed by atoms with Crippen LogP contribution in [-0.2, 0) is 9.59 Å². The van der Waals surface area contributed by atoms with Crippen molar-refractivity contribution in [2.24, 2.45) is 17.3 Å². The molecular formula is C31H46N2O3. The van der Waals surface area contributed by atoms with Crippen LogP contribution in [0.4, 0.5) is 0 Å². The molecule has 1 aromatic carbocycles. The minimum atomic E-state index is -0.912. The summed E-state index contributed by atoms with van der Waals surface area (Å²) < 4.78 is 0. The van der Waals surface area contributed by atoms with Gasteiger partial charge >= 0.3 is 0 Å². The van der Waals surface area contributed by atoms with Gasteiger partial charge in [0, 0.05) is 43.3 Å². The normalized spacial score (nSPS) is 29.8. The van der Waals surface area contributed by atoms with E-state index in [0.717, 1.165) is 32.1 Å². The minimum Gasteiger partial charge on any atom is -0.387 e. The van der Waals surface area contributed by atoms with Gasteiger partial charge in [-0.3, -0.25) is 9.59 Å². The fourth-order valence-corrected chi connectivity index (χ4v) is 7.92. The van der Waals surface area contributed by atoms with Crippen molar-refractivity contribution in [1.29, 1.82) is 0 Å². The third-order valence-electron chi connectivity index (χ3n) is 10.2. The number of carbonyl (C=O) groups is 2. The van der Waals surface area contributed by atoms with Crippen LogP contribution in [0.15, 0.2) is 24.3 Å². The lowest BCUT2D eigenvalue weighted by Gasteiger charge is -2.53. The molecule has 0 unspecified atom stereocenters. The van der Waals surface area contributed by atoms with Gasteiger partial charge in [0.2, 0.25) is 11.8 Å². The van der Waals surface area contributed by atoms with Crippen LogP contribution >= 0.6 is 0 Å². The SMILES string of the molecule is Cc1ccc([C@H]2CC(=O)N(C[C@]3(O)CCN(C(=O)[C@H](C)CC4CCCCC4)CC34CCCC4)C2)cc1. The van der Waals surface area contributed by atoms with Crippen LogP contribution in [0, 0.1) is 24.2 Å². The summed E-state index contributed by atoms with van der Waals surface area (Å²) in [5, 5.41) is 12.2. The van der Waals surface area contributed by atoms with E-state index in [2.05, 4.69) is 43.0 Å². The highest BCUT2D eigenvalue weighted by Gasteiger charge is 2.57. The molecule has 0 radical (unpaired) electrons. The molecule has 2 saturated carbocycles. The van der Waals surface area contributed by atoms with E-state index in [1.54, 1.807) is 0 Å². The van der Waals surface area contributed by atoms with Crippen LogP contribution in [0.3, 0.4) is 0 Å². The molecule has 5 rings (SSSR count). The predicted molar refractivity (Wildman–Crippen MR) is 143 cm³/mol. The van der Waals surface area contributed by atoms with E-state index in [4.69, 9.17) is 0 Å². The van der Waals surface area contributed by atoms with E-state index < -0.39 is 5.60 Å². The zero-order valence-corrected chi connectivity index (χ0v) is 22.5. The van der Waals surface area contributed by atoms with Crippen LogP contribution in [0.1, 0.15) is 101 Å². The Kier molecular flexibility index (Phi) is 7.49. The Hall–Kier alpha value is -1.88. The summed E-state index contributed by atoms with van der Waals surface area (Å²) in [5.41, 5.74) is 1.25. The molecule has 0 bridgehead atoms. The number of nitrogens with zero attached hydrogens (tertiary/aromatic N) is 2. The third kappa shape index (κ3) is 5.10. The largest absolute Gasteiger partial charge is 0.387 e. The summed E-state index contributed by atoms with van der Waals surface area (Å²) in [6.07, 6.45) is 12.7. The van der Waals surface area contributed by atoms with Crippen molar-refractivity contribution >= 4 is 11.8 Å². The van der Waals surface area contributed by atoms with E-state index in [1.165, 1.54) is 43.2 Å². The van der Waals surface area contributed by atoms with Gasteiger partial charge in [0.15, 0.2) is 0 Å². The van der Waals surface area contributed by atoms with Gasteiger partial charge in [0.25, 0.3) is 0 Å². The summed E-state index contributed by atoms with van der Waals surface area (Å²) in [5.74, 6) is 1.39. The number of piperidine rings is 1. The van der Waals surface area contributed by atoms with Crippen molar-refractivity contribution in [3.8, 4) is 0 Å². The van der Waals surface area contributed by atoms with Crippen molar-refractivity contribution in [2.75, 3.05) is 26.2 Å². The number of aryl methyl sites for hydroxylation is 1. The van der Waals surface area contributed by atoms with Gasteiger partial charge in [-0.2, -0.15) is 0 Å². The molecule has 4 aliphatic rings. The molecule has 36 heavy (non-hydrogen) atoms. The third-order valence-corrected chi connectivity index (χ3v) is 10.2. The zero-order chi connectivity index (χ0) is 25.3. The van der Waals surface area contributed by atoms with Crippen molar-refractivity contribution in [3.05, 3.63) is 35.4 Å². The first-order chi connectivity index (χ1) is 17.3. The number of β-amino-alcohol motifs (C(OH)–C–C–N with tert-alkyl or cyclic N) is 1. The second kappa shape index (κ2) is 10.5. The van der Waals surface area contributed by atoms with Crippen LogP contribution in [0.25, 0.3) is 0 Å². The van der Waals surface area contributed by atoms with Gasteiger partial charge in [-0.25, -0.2) is 0 Å². The number of hydrogen-bond donors (Lipinski definition) is 1. The molecule has 4 fully saturated rings. The lowest BCUT2D eigenvalue weighted by atomic mass is 9.65. The molecule has 5 heteroatoms. The van der Waals surface area contributed by atoms with Crippen LogP contribution < -0.4 is 0 Å². The van der Waals surface area contributed by atoms with Crippen molar-refractivity contribution < 1.29 is 14.7 Å². The quantitative estimate of drug-likeness (QED) is 0.573. The van der Waals surface area contributed by atoms with Crippen LogP contribution in [0.5, 0.6) is 0 Å². The number of carbonyl (C=O) groups excluding carboxylic acids is 2. The van der Waals surface area contributed by atoms with E-state index in [0.29, 0.717) is 44.9 Å². The molecule has 2 heterocycles. The highest BCUT2D eigenvalue weighted by molar-refractivity contribution is 5.80. The molecule has 2 aliphatic carbocycles. The molecule has 2 saturated heterocycles. The standard InChI is InChI=1S/C31H46N2O3/c1-23-10-12-26(13-11-23)27-19-28(34)33(20-27)22-31(36)16-17-32(21-30(31)14-6-7-15-30)29(35)24(2)18-25-8-4-3-5-9-25/h10-13,24-25,27,36H,3-9,14-22H2,1-2H3/t24-,27+,31-/m1/s1. The molecule has 1 spiro atoms. The summed E-state index contributed by atoms with van der Waals surface area (Å²) in [7, 11) is 0. The van der Waals surface area contributed by atoms with Crippen molar-refractivity contribution in [2.45, 2.75) is 102 Å². The minimum absolute atomic E-state index is 0.0631. The highest BCUT2D eigenvalue weighted by atomic mass is 16.3. The Morgan fingerprint density at radius 3 is 2.44 bits per heavy atom. The van der Waals surface area contributed by atoms with Gasteiger partial charge in [-0.1, -0.05) is 81.7 Å². The zero-order valence-electron chi connectivity index (χ0n) is 22.5. The van der Waals surface area contributed by atoms with Crippen molar-refractivity contribution in [3.63, 3.8) is 0 Å². The van der Waals surface area contributed by atoms with Gasteiger partial charge in [-0.15, -0.1) is 0 Å². The van der Waals surface area contributed by atoms with E-state index in [-0.39, 0.29) is 29.1 Å². The maximum atomic E-state index is 13.5. The van der Waals surface area contributed by atoms with Crippen LogP contribution in [-0.4, -0.2) is 58.5 Å². The monoisotopic (exact) mass is 494 g/mol. The van der Waals surface area contributed by atoms with E-state index >= 15 is 0 Å². The van der Waals surface area contributed by atoms with Crippen molar-refractivity contribution in [1.82, 2.24) is 9.80 Å². The molecule has 2 aliphatic heterocycles. The number of benzene rings is 1. The molecule has 1 N–H and O–H groups in total. The number of hydrogen-bond acceptors (Lipinski definition) is 3. The van der Waals surface area contributed by atoms with Gasteiger partial charge in [0.1, 0.15) is 0 Å². The average molecular weight is 495 g/mol. The van der Waals surface area contributed by atoms with E-state index in [9.17, 15) is 14.7 Å². The molecule has 0 aromatic heterocycles. The second-order valence-electron chi connectivity index (χ2n) is 12.8. The molecule has 3 atom stereocenters. The maximum Gasteiger partial charge on any atom is 0.225 e. The molecular weight excluding hydrogens is 448 g/mol. The first-order valence-electron chi connectivity index (χ1n) is 14.6. The summed E-state index contributed by atoms with van der Waals surface area (Å²) in [4.78, 5) is 30.6. The molecule has 1 aromatic rings. The predicted octanol–water partition coefficient (Wildman–Crippen LogP) is 5.44. The Balaban J connectivity index is 1.25. The van der Waals surface area contributed by atoms with Crippen LogP contribution in [0.2, 0.25) is 0 Å².